The number of nitrogens with one attached hydrogen (secondary N) is 7. The molecule has 3 aromatic rings. The number of unbranched alkanes of at least 4 members (excludes halogenated alkanes) is 1. The number of nitrogens with two attached hydrogens (primary N) is 6. The summed E-state index contributed by atoms with van der Waals surface area (Å²) in [7, 11) is 0. The van der Waals surface area contributed by atoms with Crippen LogP contribution in [0.4, 0.5) is 0 Å². The first-order valence-corrected chi connectivity index (χ1v) is 30.5. The number of hydrogen-bond donors (Lipinski definition) is 15. The monoisotopic (exact) mass is 1240 g/mol. The second kappa shape index (κ2) is 37.8. The fourth-order valence-corrected chi connectivity index (χ4v) is 10.1. The van der Waals surface area contributed by atoms with Crippen LogP contribution in [0.2, 0.25) is 0 Å². The molecule has 8 amide bonds. The van der Waals surface area contributed by atoms with Gasteiger partial charge in [0.25, 0.3) is 0 Å². The number of aromatic hydroxyl groups is 1. The molecule has 0 unspecified atom stereocenters. The van der Waals surface area contributed by atoms with Crippen LogP contribution >= 0.6 is 0 Å². The molecule has 1 aliphatic rings. The van der Waals surface area contributed by atoms with E-state index in [1.165, 1.54) is 17.0 Å². The molecule has 0 aromatic heterocycles. The number of carboxylic acid groups (broad SMARTS) is 1. The van der Waals surface area contributed by atoms with Gasteiger partial charge >= 0.3 is 5.97 Å². The number of aliphatic carboxylic acids is 1. The number of aliphatic imine (C=N–C) groups is 2. The van der Waals surface area contributed by atoms with E-state index >= 15 is 4.79 Å². The highest BCUT2D eigenvalue weighted by atomic mass is 16.4. The Morgan fingerprint density at radius 3 is 1.53 bits per heavy atom. The van der Waals surface area contributed by atoms with Crippen LogP contribution in [0.5, 0.6) is 5.75 Å². The highest BCUT2D eigenvalue weighted by Crippen LogP contribution is 2.22. The molecule has 4 rings (SSSR count). The molecule has 0 spiro atoms. The van der Waals surface area contributed by atoms with Crippen molar-refractivity contribution in [3.05, 3.63) is 102 Å². The summed E-state index contributed by atoms with van der Waals surface area (Å²) >= 11 is 0. The average molecular weight is 1240 g/mol. The topological polar surface area (TPSA) is 462 Å². The van der Waals surface area contributed by atoms with Crippen LogP contribution in [-0.2, 0) is 62.4 Å². The second-order valence-corrected chi connectivity index (χ2v) is 22.9. The van der Waals surface area contributed by atoms with Gasteiger partial charge in [-0.2, -0.15) is 0 Å². The van der Waals surface area contributed by atoms with E-state index in [1.54, 1.807) is 86.6 Å². The van der Waals surface area contributed by atoms with Crippen molar-refractivity contribution in [2.75, 3.05) is 26.2 Å². The number of likely N-dealkylation sites (tertiary alicyclic amines) is 1. The van der Waals surface area contributed by atoms with Crippen molar-refractivity contribution in [1.29, 1.82) is 0 Å². The predicted octanol–water partition coefficient (Wildman–Crippen LogP) is -0.455. The van der Waals surface area contributed by atoms with Crippen molar-refractivity contribution < 1.29 is 53.4 Å². The van der Waals surface area contributed by atoms with Crippen LogP contribution in [0, 0.1) is 11.8 Å². The number of carboxylic acids is 1. The zero-order valence-electron chi connectivity index (χ0n) is 51.5. The normalized spacial score (nSPS) is 15.9. The van der Waals surface area contributed by atoms with Gasteiger partial charge in [-0.1, -0.05) is 113 Å². The maximum Gasteiger partial charge on any atom is 0.326 e. The molecule has 0 saturated carbocycles. The molecule has 0 bridgehead atoms. The van der Waals surface area contributed by atoms with Crippen LogP contribution in [0.25, 0.3) is 0 Å². The number of phenolic OH excluding ortho intramolecular Hbond substituents is 1. The molecule has 0 aliphatic carbocycles. The molecule has 0 radical (unpaired) electrons. The third kappa shape index (κ3) is 25.4. The van der Waals surface area contributed by atoms with Gasteiger partial charge in [-0.3, -0.25) is 48.3 Å². The molecular weight excluding hydrogens is 1140 g/mol. The average Bonchev–Trinajstić information content (AvgIpc) is 3.55. The van der Waals surface area contributed by atoms with E-state index in [2.05, 4.69) is 47.2 Å². The van der Waals surface area contributed by atoms with E-state index in [-0.39, 0.29) is 101 Å². The first-order chi connectivity index (χ1) is 42.4. The first kappa shape index (κ1) is 72.6. The smallest absolute Gasteiger partial charge is 0.326 e. The molecule has 89 heavy (non-hydrogen) atoms. The standard InChI is InChI=1S/C62H94N16O11/c1-5-38(4)51(58(86)76-49(60(88)89)33-37(2)3)77-56(84)48(36-41-25-27-42(79)28-26-41)75-57(85)50-24-16-32-78(50)59(87)45(23-15-31-70-62(67)68)72-53(81)44(22-14-30-69-61(65)66)71-54(82)47(35-40-19-10-7-11-20-40)74-55(83)46(34-39-17-8-6-9-18-39)73-52(80)43(64)21-12-13-29-63/h6-11,17-20,25-28,37-38,43-51,79H,5,12-16,21-24,29-36,63-64H2,1-4H3,(H,71,82)(H,72,81)(H,73,80)(H,74,83)(H,75,85)(H,76,86)(H,77,84)(H,88,89)(H4,65,66,69)(H4,67,68,70)/t38-,43-,44-,45-,46-,47-,48-,49-,50-,51-/m0/s1. The molecule has 1 fully saturated rings. The van der Waals surface area contributed by atoms with E-state index in [0.29, 0.717) is 55.3 Å². The summed E-state index contributed by atoms with van der Waals surface area (Å²) in [5, 5.41) is 39.3. The molecule has 1 heterocycles. The Bertz CT molecular complexity index is 2840. The van der Waals surface area contributed by atoms with E-state index in [9.17, 15) is 48.6 Å². The van der Waals surface area contributed by atoms with Crippen molar-refractivity contribution in [2.45, 2.75) is 172 Å². The van der Waals surface area contributed by atoms with Crippen molar-refractivity contribution in [2.24, 2.45) is 56.2 Å². The van der Waals surface area contributed by atoms with Gasteiger partial charge in [0.05, 0.1) is 6.04 Å². The Morgan fingerprint density at radius 2 is 1.02 bits per heavy atom. The van der Waals surface area contributed by atoms with Crippen LogP contribution in [0.15, 0.2) is 94.9 Å². The van der Waals surface area contributed by atoms with Crippen LogP contribution in [0.1, 0.15) is 115 Å². The van der Waals surface area contributed by atoms with Crippen molar-refractivity contribution in [1.82, 2.24) is 42.1 Å². The largest absolute Gasteiger partial charge is 0.508 e. The highest BCUT2D eigenvalue weighted by Gasteiger charge is 2.41. The van der Waals surface area contributed by atoms with Crippen LogP contribution < -0.4 is 71.6 Å². The lowest BCUT2D eigenvalue weighted by molar-refractivity contribution is -0.143. The maximum atomic E-state index is 15.0. The number of guanidine groups is 2. The minimum absolute atomic E-state index is 0.0346. The summed E-state index contributed by atoms with van der Waals surface area (Å²) in [6, 6.07) is 12.4. The van der Waals surface area contributed by atoms with Gasteiger partial charge in [0.15, 0.2) is 11.9 Å². The Balaban J connectivity index is 1.68. The molecule has 1 saturated heterocycles. The van der Waals surface area contributed by atoms with Gasteiger partial charge in [-0.05, 0) is 105 Å². The third-order valence-corrected chi connectivity index (χ3v) is 15.2. The minimum Gasteiger partial charge on any atom is -0.508 e. The summed E-state index contributed by atoms with van der Waals surface area (Å²) in [4.78, 5) is 137. The Kier molecular flexibility index (Phi) is 30.8. The van der Waals surface area contributed by atoms with Crippen molar-refractivity contribution in [3.8, 4) is 5.75 Å². The van der Waals surface area contributed by atoms with Gasteiger partial charge < -0.3 is 86.7 Å². The number of phenols is 1. The lowest BCUT2D eigenvalue weighted by Crippen LogP contribution is -2.61. The zero-order valence-corrected chi connectivity index (χ0v) is 51.5. The number of amides is 8. The van der Waals surface area contributed by atoms with E-state index in [0.717, 1.165) is 0 Å². The van der Waals surface area contributed by atoms with Gasteiger partial charge in [-0.25, -0.2) is 4.79 Å². The quantitative estimate of drug-likeness (QED) is 0.0196. The Hall–Kier alpha value is -8.85. The Morgan fingerprint density at radius 1 is 0.562 bits per heavy atom. The fourth-order valence-electron chi connectivity index (χ4n) is 10.1. The third-order valence-electron chi connectivity index (χ3n) is 15.2. The summed E-state index contributed by atoms with van der Waals surface area (Å²) in [6.07, 6.45) is 2.52. The number of hydrogen-bond acceptors (Lipinski definition) is 14. The predicted molar refractivity (Wildman–Crippen MR) is 338 cm³/mol. The molecule has 27 heteroatoms. The molecular formula is C62H94N16O11. The number of rotatable bonds is 38. The minimum atomic E-state index is -1.39. The lowest BCUT2D eigenvalue weighted by atomic mass is 9.96. The van der Waals surface area contributed by atoms with E-state index in [1.807, 2.05) is 13.8 Å². The second-order valence-electron chi connectivity index (χ2n) is 22.9. The van der Waals surface area contributed by atoms with Gasteiger partial charge in [0, 0.05) is 38.9 Å². The zero-order chi connectivity index (χ0) is 65.6. The first-order valence-electron chi connectivity index (χ1n) is 30.5. The van der Waals surface area contributed by atoms with E-state index < -0.39 is 114 Å². The van der Waals surface area contributed by atoms with Crippen LogP contribution in [-0.4, -0.2) is 161 Å². The molecule has 1 aliphatic heterocycles. The number of benzene rings is 3. The van der Waals surface area contributed by atoms with Crippen molar-refractivity contribution in [3.63, 3.8) is 0 Å². The SMILES string of the molecule is CC[C@H](C)[C@H](NC(=O)[C@H](Cc1ccc(O)cc1)NC(=O)[C@@H]1CCCN1C(=O)[C@H](CCCN=C(N)N)NC(=O)[C@H](CCCN=C(N)N)NC(=O)[C@H](Cc1ccccc1)NC(=O)[C@H](Cc1ccccc1)NC(=O)[C@@H](N)CCCCN)C(=O)N[C@@H](CC(C)C)C(=O)O. The van der Waals surface area contributed by atoms with Gasteiger partial charge in [0.2, 0.25) is 47.3 Å². The highest BCUT2D eigenvalue weighted by molar-refractivity contribution is 5.98. The van der Waals surface area contributed by atoms with E-state index in [4.69, 9.17) is 34.4 Å². The number of nitrogens with zero attached hydrogens (tertiary/aromatic N) is 3. The fraction of sp³-hybridized carbons (Fsp3) is 0.532. The summed E-state index contributed by atoms with van der Waals surface area (Å²) in [6.45, 7) is 7.67. The molecule has 10 atom stereocenters. The summed E-state index contributed by atoms with van der Waals surface area (Å²) in [5.74, 6) is -8.16. The van der Waals surface area contributed by atoms with Crippen molar-refractivity contribution >= 4 is 65.1 Å². The van der Waals surface area contributed by atoms with Gasteiger partial charge in [-0.15, -0.1) is 0 Å². The van der Waals surface area contributed by atoms with Gasteiger partial charge in [0.1, 0.15) is 54.1 Å². The summed E-state index contributed by atoms with van der Waals surface area (Å²) in [5.41, 5.74) is 36.3. The maximum absolute atomic E-state index is 15.0. The number of carbonyl (C=O) groups is 9. The summed E-state index contributed by atoms with van der Waals surface area (Å²) < 4.78 is 0. The molecule has 488 valence electrons. The van der Waals surface area contributed by atoms with Crippen LogP contribution in [0.3, 0.4) is 0 Å². The Labute approximate surface area is 520 Å². The number of carbonyl (C=O) groups excluding carboxylic acids is 8. The molecule has 27 nitrogen and oxygen atoms in total. The molecule has 3 aromatic carbocycles. The molecule has 21 N–H and O–H groups in total. The lowest BCUT2D eigenvalue weighted by Gasteiger charge is -2.31.